The Morgan fingerprint density at radius 1 is 0.185 bits per heavy atom. The SMILES string of the molecule is CC(CN(CO)CCN(CO)CC(C)OCO)OCO.CCC(CN(CCN(CO)CC(COC(C)C)OCO)CC(COC(C)C)OCO)OCO.CCCCOCC(CN(CO)CCN(CC(CC)OCO)CC(COCCCC)OCO)OCO.OCOCCN(CCOCO)CCN(CCOCO)CCOCO.OCOCCN(CO)CCN(CO)CCOCO. The van der Waals surface area contributed by atoms with Gasteiger partial charge in [0.2, 0.25) is 0 Å². The fourth-order valence-electron chi connectivity index (χ4n) is 11.7. The molecular weight excluding hydrogens is 1730 g/mol. The number of unbranched alkanes of at least 4 members (excludes halogenated alkanes) is 2. The molecular formula is C82H184N10O38. The van der Waals surface area contributed by atoms with E-state index in [4.69, 9.17) is 136 Å². The third-order valence-electron chi connectivity index (χ3n) is 19.1. The smallest absolute Gasteiger partial charge is 0.144 e. The maximum Gasteiger partial charge on any atom is 0.144 e. The predicted octanol–water partition coefficient (Wildman–Crippen LogP) is -6.53. The van der Waals surface area contributed by atoms with Gasteiger partial charge in [0, 0.05) is 170 Å². The molecule has 130 heavy (non-hydrogen) atoms. The van der Waals surface area contributed by atoms with Crippen molar-refractivity contribution in [2.45, 2.75) is 169 Å². The quantitative estimate of drug-likeness (QED) is 0.0199. The molecule has 0 amide bonds. The van der Waals surface area contributed by atoms with E-state index in [-0.39, 0.29) is 169 Å². The van der Waals surface area contributed by atoms with Crippen LogP contribution in [0.2, 0.25) is 0 Å². The van der Waals surface area contributed by atoms with Crippen LogP contribution in [0.5, 0.6) is 0 Å². The highest BCUT2D eigenvalue weighted by molar-refractivity contribution is 4.77. The standard InChI is InChI=1S/C24H52N2O9.C22H48N2O9.C14H32N2O8.C12H28N2O6.C10H24N2O6/c1-4-7-11-31-16-23(34-20-29)14-25(13-22(6-3)33-19-28)9-10-26(18-27)15-24(35-21-30)17-32-12-8-5-2;1-6-20(31-15-26)9-23(10-21(32-16-27)12-29-18(2)3)7-8-24(14-25)11-22(33-17-28)13-30-19(4)5;17-11-21-7-3-15(4-8-22-12-18)1-2-16(5-9-23-13-19)6-10-24-14-20;1-11(19-9-17)5-13(7-15)3-4-14(8-16)6-12(2)20-10-18;13-7-11(3-5-17-9-15)1-2-12(8-14)4-6-18-10-16/h22-24,27-30H,4-21H2,1-3H3;18-22,25-28H,6-17H2,1-5H3;17-20H,1-14H2;11-12,15-18H,3-10H2,1-2H3;13-16H,1-10H2. The Morgan fingerprint density at radius 2 is 0.392 bits per heavy atom. The van der Waals surface area contributed by atoms with E-state index in [1.165, 1.54) is 0 Å². The zero-order valence-electron chi connectivity index (χ0n) is 80.4. The summed E-state index contributed by atoms with van der Waals surface area (Å²) in [5, 5.41) is 181. The predicted molar refractivity (Wildman–Crippen MR) is 477 cm³/mol. The zero-order chi connectivity index (χ0) is 98.1. The summed E-state index contributed by atoms with van der Waals surface area (Å²) in [4.78, 5) is 19.0. The summed E-state index contributed by atoms with van der Waals surface area (Å²) in [5.74, 6) is 0. The monoisotopic (exact) mass is 1920 g/mol. The molecule has 0 saturated carbocycles. The van der Waals surface area contributed by atoms with Crippen LogP contribution in [0.1, 0.15) is 108 Å². The van der Waals surface area contributed by atoms with Crippen molar-refractivity contribution >= 4 is 0 Å². The van der Waals surface area contributed by atoms with Crippen LogP contribution < -0.4 is 0 Å². The van der Waals surface area contributed by atoms with Crippen LogP contribution in [0.3, 0.4) is 0 Å². The first-order valence-electron chi connectivity index (χ1n) is 45.2. The van der Waals surface area contributed by atoms with Gasteiger partial charge in [0.1, 0.15) is 95.1 Å². The van der Waals surface area contributed by atoms with Crippen molar-refractivity contribution in [3.8, 4) is 0 Å². The highest BCUT2D eigenvalue weighted by atomic mass is 16.7. The topological polar surface area (TPSA) is 603 Å². The van der Waals surface area contributed by atoms with Crippen LogP contribution >= 0.6 is 0 Å². The number of aliphatic hydroxyl groups excluding tert-OH is 20. The maximum atomic E-state index is 9.92. The van der Waals surface area contributed by atoms with Crippen molar-refractivity contribution in [1.82, 2.24) is 49.0 Å². The van der Waals surface area contributed by atoms with E-state index in [0.717, 1.165) is 45.2 Å². The lowest BCUT2D eigenvalue weighted by Gasteiger charge is -2.32. The van der Waals surface area contributed by atoms with E-state index < -0.39 is 27.2 Å². The molecule has 20 N–H and O–H groups in total. The fraction of sp³-hybridized carbons (Fsp3) is 1.00. The summed E-state index contributed by atoms with van der Waals surface area (Å²) in [5.41, 5.74) is 0. The Labute approximate surface area is 774 Å². The zero-order valence-corrected chi connectivity index (χ0v) is 80.4. The summed E-state index contributed by atoms with van der Waals surface area (Å²) >= 11 is 0. The molecule has 0 radical (unpaired) electrons. The second kappa shape index (κ2) is 106. The Kier molecular flexibility index (Phi) is 111. The number of hydrogen-bond acceptors (Lipinski definition) is 48. The molecule has 48 heteroatoms. The van der Waals surface area contributed by atoms with Crippen LogP contribution in [0.4, 0.5) is 0 Å². The van der Waals surface area contributed by atoms with Gasteiger partial charge in [-0.25, -0.2) is 0 Å². The second-order valence-corrected chi connectivity index (χ2v) is 30.0. The third kappa shape index (κ3) is 91.2. The molecule has 0 rings (SSSR count). The molecule has 8 atom stereocenters. The minimum atomic E-state index is -0.426. The second-order valence-electron chi connectivity index (χ2n) is 30.0. The van der Waals surface area contributed by atoms with Gasteiger partial charge in [0.25, 0.3) is 0 Å². The van der Waals surface area contributed by atoms with E-state index in [2.05, 4.69) is 33.4 Å². The van der Waals surface area contributed by atoms with E-state index in [0.29, 0.717) is 230 Å². The minimum Gasteiger partial charge on any atom is -0.381 e. The number of rotatable bonds is 95. The fourth-order valence-corrected chi connectivity index (χ4v) is 11.7. The van der Waals surface area contributed by atoms with Crippen molar-refractivity contribution in [3.63, 3.8) is 0 Å². The average molecular weight is 1920 g/mol. The number of ether oxygens (including phenoxy) is 18. The molecule has 0 saturated heterocycles. The van der Waals surface area contributed by atoms with Gasteiger partial charge in [-0.05, 0) is 67.2 Å². The van der Waals surface area contributed by atoms with Crippen LogP contribution in [-0.2, 0) is 85.3 Å². The molecule has 0 aliphatic rings. The minimum absolute atomic E-state index is 0.0295. The molecule has 0 bridgehead atoms. The van der Waals surface area contributed by atoms with Gasteiger partial charge in [-0.1, -0.05) is 40.5 Å². The van der Waals surface area contributed by atoms with Gasteiger partial charge in [-0.15, -0.1) is 0 Å². The van der Waals surface area contributed by atoms with E-state index in [9.17, 15) is 51.1 Å². The van der Waals surface area contributed by atoms with E-state index in [1.807, 2.05) is 46.4 Å². The molecule has 0 fully saturated rings. The summed E-state index contributed by atoms with van der Waals surface area (Å²) < 4.78 is 94.5. The summed E-state index contributed by atoms with van der Waals surface area (Å²) in [6.45, 7) is 31.7. The molecule has 8 unspecified atom stereocenters. The van der Waals surface area contributed by atoms with Crippen molar-refractivity contribution in [2.75, 3.05) is 372 Å². The van der Waals surface area contributed by atoms with E-state index >= 15 is 0 Å². The summed E-state index contributed by atoms with van der Waals surface area (Å²) in [6.07, 6.45) is 3.34. The Hall–Kier alpha value is -1.92. The number of nitrogens with zero attached hydrogens (tertiary/aromatic N) is 10. The van der Waals surface area contributed by atoms with Crippen LogP contribution in [0.15, 0.2) is 0 Å². The van der Waals surface area contributed by atoms with Gasteiger partial charge >= 0.3 is 0 Å². The van der Waals surface area contributed by atoms with Crippen molar-refractivity contribution < 1.29 is 187 Å². The van der Waals surface area contributed by atoms with Crippen LogP contribution in [-0.4, -0.2) is 584 Å². The van der Waals surface area contributed by atoms with Gasteiger partial charge < -0.3 is 187 Å². The molecule has 0 aromatic rings. The molecule has 790 valence electrons. The number of hydrogen-bond donors (Lipinski definition) is 20. The first-order chi connectivity index (χ1) is 63.0. The van der Waals surface area contributed by atoms with Gasteiger partial charge in [-0.2, -0.15) is 0 Å². The largest absolute Gasteiger partial charge is 0.381 e. The molecule has 0 aliphatic heterocycles. The molecule has 0 aromatic heterocycles. The van der Waals surface area contributed by atoms with Gasteiger partial charge in [-0.3, -0.25) is 49.0 Å². The molecule has 48 nitrogen and oxygen atoms in total. The molecule has 0 spiro atoms. The lowest BCUT2D eigenvalue weighted by molar-refractivity contribution is -0.111. The highest BCUT2D eigenvalue weighted by Crippen LogP contribution is 2.12. The lowest BCUT2D eigenvalue weighted by Crippen LogP contribution is -2.46. The number of aliphatic hydroxyl groups is 20. The Balaban J connectivity index is -0.000000512. The average Bonchev–Trinajstić information content (AvgIpc) is 0.907. The van der Waals surface area contributed by atoms with Crippen molar-refractivity contribution in [3.05, 3.63) is 0 Å². The first kappa shape index (κ1) is 137. The van der Waals surface area contributed by atoms with Crippen molar-refractivity contribution in [1.29, 1.82) is 0 Å². The normalized spacial score (nSPS) is 13.9. The molecule has 0 heterocycles. The van der Waals surface area contributed by atoms with Crippen LogP contribution in [0.25, 0.3) is 0 Å². The third-order valence-corrected chi connectivity index (χ3v) is 19.1. The summed E-state index contributed by atoms with van der Waals surface area (Å²) in [6, 6.07) is 0. The van der Waals surface area contributed by atoms with Crippen LogP contribution in [0, 0.1) is 0 Å². The molecule has 0 aromatic carbocycles. The lowest BCUT2D eigenvalue weighted by atomic mass is 10.2. The highest BCUT2D eigenvalue weighted by Gasteiger charge is 2.26. The maximum absolute atomic E-state index is 9.92. The Morgan fingerprint density at radius 3 is 0.623 bits per heavy atom. The Bertz CT molecular complexity index is 2070. The van der Waals surface area contributed by atoms with Gasteiger partial charge in [0.05, 0.1) is 167 Å². The van der Waals surface area contributed by atoms with E-state index in [1.54, 1.807) is 38.3 Å². The van der Waals surface area contributed by atoms with Gasteiger partial charge in [0.15, 0.2) is 0 Å². The first-order valence-corrected chi connectivity index (χ1v) is 45.2. The summed E-state index contributed by atoms with van der Waals surface area (Å²) in [7, 11) is 0. The molecule has 0 aliphatic carbocycles. The van der Waals surface area contributed by atoms with Crippen molar-refractivity contribution in [2.24, 2.45) is 0 Å².